The Morgan fingerprint density at radius 3 is 2.58 bits per heavy atom. The number of hydrogen-bond donors (Lipinski definition) is 1. The second kappa shape index (κ2) is 8.43. The van der Waals surface area contributed by atoms with Crippen LogP contribution in [0.4, 0.5) is 17.3 Å². The smallest absolute Gasteiger partial charge is 0.135 e. The molecule has 0 unspecified atom stereocenters. The standard InChI is InChI=1S/C21H25N5/c1-16(2)18-6-4-5-7-19(18)25-20-14-21(24-15-23-20)26(3)13-10-17-8-11-22-12-9-17/h4-9,11-12,14-16H,10,13H2,1-3H3,(H,23,24,25). The first-order chi connectivity index (χ1) is 12.6. The summed E-state index contributed by atoms with van der Waals surface area (Å²) < 4.78 is 0. The fourth-order valence-electron chi connectivity index (χ4n) is 2.84. The van der Waals surface area contributed by atoms with Gasteiger partial charge in [0.25, 0.3) is 0 Å². The average molecular weight is 347 g/mol. The molecular weight excluding hydrogens is 322 g/mol. The highest BCUT2D eigenvalue weighted by Gasteiger charge is 2.09. The third kappa shape index (κ3) is 4.57. The van der Waals surface area contributed by atoms with Crippen molar-refractivity contribution < 1.29 is 0 Å². The summed E-state index contributed by atoms with van der Waals surface area (Å²) in [6.45, 7) is 5.26. The summed E-state index contributed by atoms with van der Waals surface area (Å²) in [6.07, 6.45) is 6.21. The van der Waals surface area contributed by atoms with Crippen LogP contribution >= 0.6 is 0 Å². The summed E-state index contributed by atoms with van der Waals surface area (Å²) >= 11 is 0. The van der Waals surface area contributed by atoms with Gasteiger partial charge in [0.05, 0.1) is 0 Å². The Hall–Kier alpha value is -2.95. The zero-order valence-corrected chi connectivity index (χ0v) is 15.6. The van der Waals surface area contributed by atoms with Crippen LogP contribution in [0.25, 0.3) is 0 Å². The van der Waals surface area contributed by atoms with Gasteiger partial charge in [-0.05, 0) is 41.7 Å². The topological polar surface area (TPSA) is 53.9 Å². The first-order valence-corrected chi connectivity index (χ1v) is 8.91. The number of nitrogens with zero attached hydrogens (tertiary/aromatic N) is 4. The van der Waals surface area contributed by atoms with E-state index < -0.39 is 0 Å². The van der Waals surface area contributed by atoms with E-state index in [9.17, 15) is 0 Å². The maximum absolute atomic E-state index is 4.41. The normalized spacial score (nSPS) is 10.8. The van der Waals surface area contributed by atoms with Gasteiger partial charge in [-0.2, -0.15) is 0 Å². The van der Waals surface area contributed by atoms with Gasteiger partial charge in [0.1, 0.15) is 18.0 Å². The van der Waals surface area contributed by atoms with Crippen molar-refractivity contribution in [1.82, 2.24) is 15.0 Å². The molecule has 0 amide bonds. The highest BCUT2D eigenvalue weighted by atomic mass is 15.2. The van der Waals surface area contributed by atoms with Crippen LogP contribution in [-0.2, 0) is 6.42 Å². The maximum atomic E-state index is 4.41. The molecule has 2 heterocycles. The van der Waals surface area contributed by atoms with Crippen molar-refractivity contribution in [3.8, 4) is 0 Å². The molecule has 0 saturated carbocycles. The predicted octanol–water partition coefficient (Wildman–Crippen LogP) is 4.42. The van der Waals surface area contributed by atoms with Crippen LogP contribution in [0.5, 0.6) is 0 Å². The second-order valence-corrected chi connectivity index (χ2v) is 6.66. The third-order valence-electron chi connectivity index (χ3n) is 4.37. The van der Waals surface area contributed by atoms with Gasteiger partial charge in [-0.1, -0.05) is 32.0 Å². The van der Waals surface area contributed by atoms with E-state index in [-0.39, 0.29) is 0 Å². The Morgan fingerprint density at radius 1 is 1.04 bits per heavy atom. The summed E-state index contributed by atoms with van der Waals surface area (Å²) in [5, 5.41) is 3.44. The van der Waals surface area contributed by atoms with E-state index >= 15 is 0 Å². The molecule has 0 atom stereocenters. The molecular formula is C21H25N5. The second-order valence-electron chi connectivity index (χ2n) is 6.66. The Morgan fingerprint density at radius 2 is 1.81 bits per heavy atom. The van der Waals surface area contributed by atoms with Gasteiger partial charge in [0, 0.05) is 37.7 Å². The van der Waals surface area contributed by atoms with Crippen LogP contribution < -0.4 is 10.2 Å². The van der Waals surface area contributed by atoms with E-state index in [1.165, 1.54) is 11.1 Å². The summed E-state index contributed by atoms with van der Waals surface area (Å²) in [5.74, 6) is 2.15. The fraction of sp³-hybridized carbons (Fsp3) is 0.286. The van der Waals surface area contributed by atoms with E-state index in [0.29, 0.717) is 5.92 Å². The average Bonchev–Trinajstić information content (AvgIpc) is 2.67. The van der Waals surface area contributed by atoms with Gasteiger partial charge >= 0.3 is 0 Å². The number of aromatic nitrogens is 3. The highest BCUT2D eigenvalue weighted by molar-refractivity contribution is 5.63. The number of rotatable bonds is 7. The Labute approximate surface area is 155 Å². The van der Waals surface area contributed by atoms with Crippen molar-refractivity contribution in [3.63, 3.8) is 0 Å². The molecule has 0 radical (unpaired) electrons. The molecule has 134 valence electrons. The fourth-order valence-corrected chi connectivity index (χ4v) is 2.84. The lowest BCUT2D eigenvalue weighted by molar-refractivity contribution is 0.854. The summed E-state index contributed by atoms with van der Waals surface area (Å²) in [4.78, 5) is 15.0. The quantitative estimate of drug-likeness (QED) is 0.686. The molecule has 1 N–H and O–H groups in total. The minimum absolute atomic E-state index is 0.447. The number of nitrogens with one attached hydrogen (secondary N) is 1. The van der Waals surface area contributed by atoms with E-state index in [0.717, 1.165) is 30.3 Å². The van der Waals surface area contributed by atoms with Crippen LogP contribution in [0.2, 0.25) is 0 Å². The van der Waals surface area contributed by atoms with Crippen molar-refractivity contribution >= 4 is 17.3 Å². The summed E-state index contributed by atoms with van der Waals surface area (Å²) in [6, 6.07) is 14.4. The lowest BCUT2D eigenvalue weighted by Crippen LogP contribution is -2.21. The van der Waals surface area contributed by atoms with Gasteiger partial charge in [0.2, 0.25) is 0 Å². The Kier molecular flexibility index (Phi) is 5.79. The Balaban J connectivity index is 1.70. The zero-order valence-electron chi connectivity index (χ0n) is 15.6. The minimum atomic E-state index is 0.447. The van der Waals surface area contributed by atoms with Crippen LogP contribution in [-0.4, -0.2) is 28.5 Å². The molecule has 0 fully saturated rings. The summed E-state index contributed by atoms with van der Waals surface area (Å²) in [7, 11) is 2.05. The first-order valence-electron chi connectivity index (χ1n) is 8.91. The van der Waals surface area contributed by atoms with E-state index in [1.54, 1.807) is 6.33 Å². The van der Waals surface area contributed by atoms with Crippen LogP contribution in [0.1, 0.15) is 30.9 Å². The van der Waals surface area contributed by atoms with Gasteiger partial charge in [-0.3, -0.25) is 4.98 Å². The molecule has 0 aliphatic heterocycles. The molecule has 26 heavy (non-hydrogen) atoms. The van der Waals surface area contributed by atoms with Gasteiger partial charge < -0.3 is 10.2 Å². The van der Waals surface area contributed by atoms with E-state index in [1.807, 2.05) is 36.7 Å². The van der Waals surface area contributed by atoms with Gasteiger partial charge in [-0.15, -0.1) is 0 Å². The number of para-hydroxylation sites is 1. The predicted molar refractivity (Wildman–Crippen MR) is 107 cm³/mol. The lowest BCUT2D eigenvalue weighted by atomic mass is 10.0. The molecule has 0 aliphatic carbocycles. The molecule has 3 rings (SSSR count). The third-order valence-corrected chi connectivity index (χ3v) is 4.37. The van der Waals surface area contributed by atoms with Crippen LogP contribution in [0, 0.1) is 0 Å². The van der Waals surface area contributed by atoms with Gasteiger partial charge in [-0.25, -0.2) is 9.97 Å². The van der Waals surface area contributed by atoms with Crippen molar-refractivity contribution in [2.75, 3.05) is 23.8 Å². The van der Waals surface area contributed by atoms with E-state index in [2.05, 4.69) is 64.3 Å². The molecule has 0 saturated heterocycles. The number of hydrogen-bond acceptors (Lipinski definition) is 5. The molecule has 2 aromatic heterocycles. The molecule has 1 aromatic carbocycles. The van der Waals surface area contributed by atoms with Crippen molar-refractivity contribution in [1.29, 1.82) is 0 Å². The SMILES string of the molecule is CC(C)c1ccccc1Nc1cc(N(C)CCc2ccncc2)ncn1. The number of pyridine rings is 1. The van der Waals surface area contributed by atoms with Crippen LogP contribution in [0.3, 0.4) is 0 Å². The van der Waals surface area contributed by atoms with E-state index in [4.69, 9.17) is 0 Å². The largest absolute Gasteiger partial charge is 0.359 e. The lowest BCUT2D eigenvalue weighted by Gasteiger charge is -2.19. The molecule has 5 nitrogen and oxygen atoms in total. The van der Waals surface area contributed by atoms with Crippen LogP contribution in [0.15, 0.2) is 61.2 Å². The van der Waals surface area contributed by atoms with Crippen molar-refractivity contribution in [2.45, 2.75) is 26.2 Å². The van der Waals surface area contributed by atoms with Crippen molar-refractivity contribution in [3.05, 3.63) is 72.3 Å². The molecule has 0 bridgehead atoms. The van der Waals surface area contributed by atoms with Crippen molar-refractivity contribution in [2.24, 2.45) is 0 Å². The molecule has 0 aliphatic rings. The monoisotopic (exact) mass is 347 g/mol. The molecule has 3 aromatic rings. The number of likely N-dealkylation sites (N-methyl/N-ethyl adjacent to an activating group) is 1. The zero-order chi connectivity index (χ0) is 18.4. The molecule has 5 heteroatoms. The molecule has 0 spiro atoms. The highest BCUT2D eigenvalue weighted by Crippen LogP contribution is 2.26. The van der Waals surface area contributed by atoms with Gasteiger partial charge in [0.15, 0.2) is 0 Å². The maximum Gasteiger partial charge on any atom is 0.135 e. The number of benzene rings is 1. The number of anilines is 3. The first kappa shape index (κ1) is 17.9. The minimum Gasteiger partial charge on any atom is -0.359 e. The Bertz CT molecular complexity index is 833. The summed E-state index contributed by atoms with van der Waals surface area (Å²) in [5.41, 5.74) is 3.63.